The summed E-state index contributed by atoms with van der Waals surface area (Å²) in [4.78, 5) is 56.6. The SMILES string of the molecule is CCC=CCC=CCC=CCC=CCC=CCC=CCCC(=O)NCCN(C)CCN(C[C@@H]1O[C@H](n2cc(C)c(=O)[nH]c2=O)C[C@@H]1N=[N+]=N)C(=O)[O-]. The number of ether oxygens (including phenoxy) is 1. The first-order chi connectivity index (χ1) is 25.2. The van der Waals surface area contributed by atoms with E-state index < -0.39 is 35.7 Å². The Morgan fingerprint density at radius 2 is 1.56 bits per heavy atom. The van der Waals surface area contributed by atoms with Crippen LogP contribution < -0.4 is 26.6 Å². The third-order valence-corrected chi connectivity index (χ3v) is 8.23. The lowest BCUT2D eigenvalue weighted by atomic mass is 10.1. The average Bonchev–Trinajstić information content (AvgIpc) is 3.50. The molecular weight excluding hydrogens is 664 g/mol. The van der Waals surface area contributed by atoms with Crippen molar-refractivity contribution in [3.05, 3.63) is 106 Å². The number of likely N-dealkylation sites (N-methyl/N-ethyl adjacent to an activating group) is 1. The fraction of sp³-hybridized carbons (Fsp3) is 0.526. The van der Waals surface area contributed by atoms with Crippen LogP contribution >= 0.6 is 0 Å². The molecule has 0 spiro atoms. The number of aromatic nitrogens is 2. The van der Waals surface area contributed by atoms with E-state index in [0.717, 1.165) is 43.4 Å². The second-order valence-corrected chi connectivity index (χ2v) is 12.4. The van der Waals surface area contributed by atoms with Crippen molar-refractivity contribution >= 4 is 12.0 Å². The van der Waals surface area contributed by atoms with Crippen LogP contribution in [0.3, 0.4) is 0 Å². The molecule has 0 bridgehead atoms. The first kappa shape index (κ1) is 43.3. The quantitative estimate of drug-likeness (QED) is 0.0809. The Morgan fingerprint density at radius 1 is 0.981 bits per heavy atom. The predicted molar refractivity (Wildman–Crippen MR) is 201 cm³/mol. The number of amides is 2. The first-order valence-corrected chi connectivity index (χ1v) is 18.0. The highest BCUT2D eigenvalue weighted by atomic mass is 16.5. The summed E-state index contributed by atoms with van der Waals surface area (Å²) in [6.07, 6.45) is 31.0. The van der Waals surface area contributed by atoms with Crippen LogP contribution in [0.5, 0.6) is 0 Å². The van der Waals surface area contributed by atoms with Crippen molar-refractivity contribution in [2.24, 2.45) is 5.11 Å². The summed E-state index contributed by atoms with van der Waals surface area (Å²) in [6, 6.07) is -0.677. The summed E-state index contributed by atoms with van der Waals surface area (Å²) in [5.41, 5.74) is 6.29. The van der Waals surface area contributed by atoms with E-state index in [0.29, 0.717) is 38.0 Å². The van der Waals surface area contributed by atoms with Crippen LogP contribution in [0.15, 0.2) is 93.8 Å². The van der Waals surface area contributed by atoms with Crippen molar-refractivity contribution in [2.45, 2.75) is 90.0 Å². The molecule has 1 aromatic heterocycles. The number of rotatable bonds is 24. The Kier molecular flexibility index (Phi) is 21.6. The number of H-pyrrole nitrogens is 1. The van der Waals surface area contributed by atoms with E-state index in [9.17, 15) is 24.3 Å². The Hall–Kier alpha value is -4.91. The van der Waals surface area contributed by atoms with Gasteiger partial charge in [-0.3, -0.25) is 19.1 Å². The topological polar surface area (TPSA) is 190 Å². The second kappa shape index (κ2) is 26.0. The van der Waals surface area contributed by atoms with Gasteiger partial charge in [0.1, 0.15) is 29.1 Å². The van der Waals surface area contributed by atoms with Crippen LogP contribution in [0.25, 0.3) is 0 Å². The van der Waals surface area contributed by atoms with E-state index in [1.54, 1.807) is 6.92 Å². The molecule has 0 unspecified atom stereocenters. The Bertz CT molecular complexity index is 1580. The van der Waals surface area contributed by atoms with Crippen LogP contribution in [0.4, 0.5) is 4.79 Å². The lowest BCUT2D eigenvalue weighted by molar-refractivity contribution is -0.267. The molecule has 0 aliphatic carbocycles. The van der Waals surface area contributed by atoms with Gasteiger partial charge < -0.3 is 29.8 Å². The molecule has 0 aromatic carbocycles. The summed E-state index contributed by atoms with van der Waals surface area (Å²) in [6.45, 7) is 4.97. The number of hydrogen-bond donors (Lipinski definition) is 3. The van der Waals surface area contributed by atoms with Gasteiger partial charge in [-0.2, -0.15) is 0 Å². The van der Waals surface area contributed by atoms with Gasteiger partial charge in [0.05, 0.1) is 0 Å². The van der Waals surface area contributed by atoms with E-state index in [1.165, 1.54) is 10.8 Å². The standard InChI is InChI=1S/C38H56N8O6/c1-4-5-6-7-8-9-10-11-12-13-14-15-16-17-18-19-20-21-22-23-34(47)40-24-25-44(3)26-27-45(38(50)51)30-33-32(42-43-39)28-35(52-33)46-29-31(2)36(48)41-37(46)49/h5-6,8-9,11-12,14-15,17-18,20-21,29,32-33,35,39H,4,7,10,13,16,19,22-28,30H2,1-3H3,(H2-,40,41,47,48,49,50,51)/t32-,33-,35-/m0/s1. The smallest absolute Gasteiger partial charge is 0.330 e. The van der Waals surface area contributed by atoms with Crippen LogP contribution in [-0.4, -0.2) is 83.3 Å². The molecule has 2 rings (SSSR count). The highest BCUT2D eigenvalue weighted by molar-refractivity contribution is 5.75. The molecule has 1 fully saturated rings. The number of nitrogens with one attached hydrogen (secondary N) is 3. The lowest BCUT2D eigenvalue weighted by Crippen LogP contribution is -2.49. The number of allylic oxidation sites excluding steroid dienone is 12. The van der Waals surface area contributed by atoms with Gasteiger partial charge in [-0.25, -0.2) is 4.79 Å². The van der Waals surface area contributed by atoms with E-state index in [-0.39, 0.29) is 25.4 Å². The van der Waals surface area contributed by atoms with Crippen LogP contribution in [0, 0.1) is 12.5 Å². The molecule has 1 saturated heterocycles. The molecule has 0 saturated carbocycles. The predicted octanol–water partition coefficient (Wildman–Crippen LogP) is 4.22. The molecule has 52 heavy (non-hydrogen) atoms. The third-order valence-electron chi connectivity index (χ3n) is 8.23. The number of nitrogens with zero attached hydrogens (tertiary/aromatic N) is 5. The van der Waals surface area contributed by atoms with Gasteiger partial charge in [0.2, 0.25) is 10.8 Å². The maximum Gasteiger partial charge on any atom is 0.330 e. The summed E-state index contributed by atoms with van der Waals surface area (Å²) in [5, 5.41) is 18.7. The minimum Gasteiger partial charge on any atom is -0.530 e. The molecule has 2 amide bonds. The summed E-state index contributed by atoms with van der Waals surface area (Å²) >= 11 is 0. The minimum atomic E-state index is -1.40. The van der Waals surface area contributed by atoms with Gasteiger partial charge in [-0.05, 0) is 58.9 Å². The zero-order valence-electron chi connectivity index (χ0n) is 30.8. The highest BCUT2D eigenvalue weighted by Gasteiger charge is 2.41. The number of carboxylic acid groups (broad SMARTS) is 1. The number of aryl methyl sites for hydroxylation is 1. The zero-order chi connectivity index (χ0) is 38.0. The maximum atomic E-state index is 12.4. The lowest BCUT2D eigenvalue weighted by Gasteiger charge is -2.30. The summed E-state index contributed by atoms with van der Waals surface area (Å²) in [5.74, 6) is -0.0522. The zero-order valence-corrected chi connectivity index (χ0v) is 30.8. The Morgan fingerprint density at radius 3 is 2.12 bits per heavy atom. The molecule has 2 heterocycles. The average molecular weight is 721 g/mol. The van der Waals surface area contributed by atoms with E-state index in [4.69, 9.17) is 10.3 Å². The molecule has 1 aromatic rings. The van der Waals surface area contributed by atoms with Gasteiger partial charge in [-0.1, -0.05) is 79.8 Å². The van der Waals surface area contributed by atoms with Gasteiger partial charge >= 0.3 is 5.69 Å². The number of carbonyl (C=O) groups is 2. The van der Waals surface area contributed by atoms with Gasteiger partial charge in [0.15, 0.2) is 6.04 Å². The van der Waals surface area contributed by atoms with Gasteiger partial charge in [-0.15, -0.1) is 0 Å². The normalized spacial score (nSPS) is 17.9. The van der Waals surface area contributed by atoms with E-state index in [2.05, 4.69) is 94.1 Å². The van der Waals surface area contributed by atoms with Crippen LogP contribution in [-0.2, 0) is 9.53 Å². The molecule has 1 aliphatic rings. The van der Waals surface area contributed by atoms with E-state index in [1.807, 2.05) is 18.0 Å². The first-order valence-electron chi connectivity index (χ1n) is 18.0. The molecule has 1 aliphatic heterocycles. The minimum absolute atomic E-state index is 0.0522. The summed E-state index contributed by atoms with van der Waals surface area (Å²) in [7, 11) is 1.82. The molecule has 0 radical (unpaired) electrons. The third kappa shape index (κ3) is 17.8. The van der Waals surface area contributed by atoms with Crippen molar-refractivity contribution in [3.63, 3.8) is 0 Å². The van der Waals surface area contributed by atoms with Crippen molar-refractivity contribution in [3.8, 4) is 0 Å². The van der Waals surface area contributed by atoms with Crippen LogP contribution in [0.2, 0.25) is 0 Å². The molecular formula is C38H56N8O6. The molecule has 14 nitrogen and oxygen atoms in total. The van der Waals surface area contributed by atoms with Gasteiger partial charge in [0, 0.05) is 57.3 Å². The Balaban J connectivity index is 1.61. The monoisotopic (exact) mass is 720 g/mol. The van der Waals surface area contributed by atoms with E-state index >= 15 is 0 Å². The highest BCUT2D eigenvalue weighted by Crippen LogP contribution is 2.30. The second-order valence-electron chi connectivity index (χ2n) is 12.4. The number of aromatic amines is 1. The van der Waals surface area contributed by atoms with Crippen LogP contribution in [0.1, 0.15) is 76.5 Å². The maximum absolute atomic E-state index is 12.4. The summed E-state index contributed by atoms with van der Waals surface area (Å²) < 4.78 is 7.18. The van der Waals surface area contributed by atoms with Crippen molar-refractivity contribution in [1.29, 1.82) is 5.53 Å². The Labute approximate surface area is 306 Å². The molecule has 14 heteroatoms. The van der Waals surface area contributed by atoms with Gasteiger partial charge in [0.25, 0.3) is 5.56 Å². The number of hydrogen-bond acceptors (Lipinski definition) is 9. The molecule has 3 atom stereocenters. The fourth-order valence-electron chi connectivity index (χ4n) is 5.25. The molecule has 3 N–H and O–H groups in total. The fourth-order valence-corrected chi connectivity index (χ4v) is 5.25. The molecule has 284 valence electrons. The largest absolute Gasteiger partial charge is 0.530 e. The van der Waals surface area contributed by atoms with Crippen molar-refractivity contribution in [1.82, 2.24) is 29.6 Å². The van der Waals surface area contributed by atoms with Crippen molar-refractivity contribution < 1.29 is 19.4 Å². The number of carbonyl (C=O) groups excluding carboxylic acids is 2. The van der Waals surface area contributed by atoms with Crippen molar-refractivity contribution in [2.75, 3.05) is 39.8 Å².